The van der Waals surface area contributed by atoms with Crippen LogP contribution in [-0.2, 0) is 16.9 Å². The zero-order valence-corrected chi connectivity index (χ0v) is 15.2. The third-order valence-electron chi connectivity index (χ3n) is 4.47. The van der Waals surface area contributed by atoms with Crippen LogP contribution in [0.4, 0.5) is 0 Å². The largest absolute Gasteiger partial charge is 0.489 e. The van der Waals surface area contributed by atoms with Gasteiger partial charge in [0.25, 0.3) is 0 Å². The van der Waals surface area contributed by atoms with Crippen LogP contribution in [0.15, 0.2) is 53.7 Å². The van der Waals surface area contributed by atoms with Crippen LogP contribution in [-0.4, -0.2) is 12.8 Å². The molecule has 4 nitrogen and oxygen atoms in total. The molecule has 0 fully saturated rings. The number of nitrogens with zero attached hydrogens (tertiary/aromatic N) is 2. The SMILES string of the molecule is CCC(C)(C)c1ccc(OCc2ccccc2/C(C#N)=N\OC)cc1. The van der Waals surface area contributed by atoms with E-state index >= 15 is 0 Å². The van der Waals surface area contributed by atoms with Crippen molar-refractivity contribution in [3.8, 4) is 11.8 Å². The van der Waals surface area contributed by atoms with Crippen molar-refractivity contribution >= 4 is 5.71 Å². The number of oxime groups is 1. The summed E-state index contributed by atoms with van der Waals surface area (Å²) in [7, 11) is 1.43. The summed E-state index contributed by atoms with van der Waals surface area (Å²) in [5.41, 5.74) is 3.29. The van der Waals surface area contributed by atoms with Crippen LogP contribution in [0.5, 0.6) is 5.75 Å². The van der Waals surface area contributed by atoms with Gasteiger partial charge in [-0.15, -0.1) is 0 Å². The van der Waals surface area contributed by atoms with E-state index in [1.54, 1.807) is 0 Å². The minimum atomic E-state index is 0.156. The molecule has 0 unspecified atom stereocenters. The van der Waals surface area contributed by atoms with E-state index in [1.807, 2.05) is 36.4 Å². The highest BCUT2D eigenvalue weighted by Gasteiger charge is 2.17. The van der Waals surface area contributed by atoms with E-state index in [4.69, 9.17) is 9.57 Å². The molecule has 0 saturated heterocycles. The molecule has 0 heterocycles. The fourth-order valence-corrected chi connectivity index (χ4v) is 2.47. The lowest BCUT2D eigenvalue weighted by Gasteiger charge is -2.23. The van der Waals surface area contributed by atoms with Crippen molar-refractivity contribution in [1.29, 1.82) is 5.26 Å². The van der Waals surface area contributed by atoms with E-state index < -0.39 is 0 Å². The molecule has 0 bridgehead atoms. The van der Waals surface area contributed by atoms with Gasteiger partial charge in [0, 0.05) is 5.56 Å². The minimum absolute atomic E-state index is 0.156. The summed E-state index contributed by atoms with van der Waals surface area (Å²) in [5, 5.41) is 13.0. The number of nitriles is 1. The highest BCUT2D eigenvalue weighted by atomic mass is 16.6. The lowest BCUT2D eigenvalue weighted by atomic mass is 9.82. The Morgan fingerprint density at radius 2 is 1.80 bits per heavy atom. The maximum absolute atomic E-state index is 9.25. The summed E-state index contributed by atoms with van der Waals surface area (Å²) in [5.74, 6) is 0.799. The predicted octanol–water partition coefficient (Wildman–Crippen LogP) is 4.83. The van der Waals surface area contributed by atoms with Gasteiger partial charge in [0.05, 0.1) is 0 Å². The monoisotopic (exact) mass is 336 g/mol. The summed E-state index contributed by atoms with van der Waals surface area (Å²) in [4.78, 5) is 4.75. The van der Waals surface area contributed by atoms with Crippen molar-refractivity contribution in [2.75, 3.05) is 7.11 Å². The normalized spacial score (nSPS) is 11.7. The van der Waals surface area contributed by atoms with Crippen LogP contribution < -0.4 is 4.74 Å². The molecule has 0 atom stereocenters. The second-order valence-corrected chi connectivity index (χ2v) is 6.44. The summed E-state index contributed by atoms with van der Waals surface area (Å²) in [6, 6.07) is 17.8. The van der Waals surface area contributed by atoms with Crippen LogP contribution in [0.25, 0.3) is 0 Å². The van der Waals surface area contributed by atoms with Crippen LogP contribution in [0.1, 0.15) is 43.9 Å². The Morgan fingerprint density at radius 3 is 2.40 bits per heavy atom. The Morgan fingerprint density at radius 1 is 1.12 bits per heavy atom. The summed E-state index contributed by atoms with van der Waals surface area (Å²) in [6.07, 6.45) is 1.08. The first kappa shape index (κ1) is 18.5. The Kier molecular flexibility index (Phi) is 6.19. The van der Waals surface area contributed by atoms with Crippen molar-refractivity contribution in [3.63, 3.8) is 0 Å². The molecule has 0 amide bonds. The van der Waals surface area contributed by atoms with Gasteiger partial charge < -0.3 is 9.57 Å². The molecule has 0 N–H and O–H groups in total. The summed E-state index contributed by atoms with van der Waals surface area (Å²) < 4.78 is 5.90. The van der Waals surface area contributed by atoms with E-state index in [9.17, 15) is 5.26 Å². The Bertz CT molecular complexity index is 771. The second kappa shape index (κ2) is 8.34. The molecule has 25 heavy (non-hydrogen) atoms. The van der Waals surface area contributed by atoms with Crippen molar-refractivity contribution in [1.82, 2.24) is 0 Å². The zero-order valence-electron chi connectivity index (χ0n) is 15.2. The van der Waals surface area contributed by atoms with Gasteiger partial charge in [-0.2, -0.15) is 5.26 Å². The fourth-order valence-electron chi connectivity index (χ4n) is 2.47. The van der Waals surface area contributed by atoms with E-state index in [0.29, 0.717) is 6.61 Å². The zero-order chi connectivity index (χ0) is 18.3. The molecule has 0 spiro atoms. The number of hydrogen-bond donors (Lipinski definition) is 0. The third-order valence-corrected chi connectivity index (χ3v) is 4.47. The average Bonchev–Trinajstić information content (AvgIpc) is 2.65. The second-order valence-electron chi connectivity index (χ2n) is 6.44. The van der Waals surface area contributed by atoms with Crippen LogP contribution in [0.3, 0.4) is 0 Å². The molecule has 0 saturated carbocycles. The molecule has 130 valence electrons. The molecule has 2 aromatic rings. The molecular weight excluding hydrogens is 312 g/mol. The van der Waals surface area contributed by atoms with E-state index in [2.05, 4.69) is 44.1 Å². The number of hydrogen-bond acceptors (Lipinski definition) is 4. The summed E-state index contributed by atoms with van der Waals surface area (Å²) >= 11 is 0. The van der Waals surface area contributed by atoms with E-state index in [1.165, 1.54) is 12.7 Å². The predicted molar refractivity (Wildman–Crippen MR) is 99.7 cm³/mol. The van der Waals surface area contributed by atoms with Crippen molar-refractivity contribution < 1.29 is 9.57 Å². The van der Waals surface area contributed by atoms with Gasteiger partial charge in [-0.1, -0.05) is 62.3 Å². The molecule has 0 aliphatic carbocycles. The molecule has 2 aromatic carbocycles. The smallest absolute Gasteiger partial charge is 0.187 e. The quantitative estimate of drug-likeness (QED) is 0.537. The number of rotatable bonds is 7. The van der Waals surface area contributed by atoms with Crippen molar-refractivity contribution in [3.05, 3.63) is 65.2 Å². The van der Waals surface area contributed by atoms with Crippen molar-refractivity contribution in [2.45, 2.75) is 39.2 Å². The van der Waals surface area contributed by atoms with Gasteiger partial charge in [0.15, 0.2) is 5.71 Å². The van der Waals surface area contributed by atoms with E-state index in [-0.39, 0.29) is 11.1 Å². The first-order chi connectivity index (χ1) is 12.0. The van der Waals surface area contributed by atoms with Gasteiger partial charge in [0.2, 0.25) is 0 Å². The molecular formula is C21H24N2O2. The molecule has 0 radical (unpaired) electrons. The van der Waals surface area contributed by atoms with Crippen LogP contribution >= 0.6 is 0 Å². The highest BCUT2D eigenvalue weighted by molar-refractivity contribution is 6.12. The van der Waals surface area contributed by atoms with Gasteiger partial charge in [-0.25, -0.2) is 0 Å². The third kappa shape index (κ3) is 4.60. The molecule has 2 rings (SSSR count). The van der Waals surface area contributed by atoms with Gasteiger partial charge in [-0.3, -0.25) is 0 Å². The first-order valence-electron chi connectivity index (χ1n) is 8.34. The Hall–Kier alpha value is -2.80. The van der Waals surface area contributed by atoms with Gasteiger partial charge >= 0.3 is 0 Å². The van der Waals surface area contributed by atoms with Crippen LogP contribution in [0.2, 0.25) is 0 Å². The lowest BCUT2D eigenvalue weighted by Crippen LogP contribution is -2.15. The number of benzene rings is 2. The molecule has 0 aliphatic rings. The standard InChI is InChI=1S/C21H24N2O2/c1-5-21(2,3)17-10-12-18(13-11-17)25-15-16-8-6-7-9-19(16)20(14-22)23-24-4/h6-13H,5,15H2,1-4H3/b23-20-. The average molecular weight is 336 g/mol. The van der Waals surface area contributed by atoms with Crippen molar-refractivity contribution in [2.24, 2.45) is 5.16 Å². The first-order valence-corrected chi connectivity index (χ1v) is 8.34. The molecule has 4 heteroatoms. The minimum Gasteiger partial charge on any atom is -0.489 e. The maximum atomic E-state index is 9.25. The Balaban J connectivity index is 2.15. The fraction of sp³-hybridized carbons (Fsp3) is 0.333. The van der Waals surface area contributed by atoms with Gasteiger partial charge in [0.1, 0.15) is 25.5 Å². The topological polar surface area (TPSA) is 54.6 Å². The lowest BCUT2D eigenvalue weighted by molar-refractivity contribution is 0.214. The highest BCUT2D eigenvalue weighted by Crippen LogP contribution is 2.28. The van der Waals surface area contributed by atoms with Gasteiger partial charge in [-0.05, 0) is 35.1 Å². The summed E-state index contributed by atoms with van der Waals surface area (Å²) in [6.45, 7) is 7.02. The molecule has 0 aromatic heterocycles. The molecule has 0 aliphatic heterocycles. The Labute approximate surface area is 149 Å². The maximum Gasteiger partial charge on any atom is 0.187 e. The van der Waals surface area contributed by atoms with Crippen LogP contribution in [0, 0.1) is 11.3 Å². The number of ether oxygens (including phenoxy) is 1. The van der Waals surface area contributed by atoms with E-state index in [0.717, 1.165) is 23.3 Å².